The molecule has 1 aromatic carbocycles. The van der Waals surface area contributed by atoms with Crippen molar-refractivity contribution in [2.75, 3.05) is 11.9 Å². The number of benzene rings is 1. The van der Waals surface area contributed by atoms with E-state index in [-0.39, 0.29) is 23.7 Å². The largest absolute Gasteiger partial charge is 0.488 e. The number of rotatable bonds is 4. The number of esters is 1. The van der Waals surface area contributed by atoms with Gasteiger partial charge in [-0.25, -0.2) is 9.78 Å². The summed E-state index contributed by atoms with van der Waals surface area (Å²) in [6, 6.07) is 0. The number of nitrogens with one attached hydrogen (secondary N) is 2. The van der Waals surface area contributed by atoms with Crippen molar-refractivity contribution in [3.8, 4) is 11.5 Å². The summed E-state index contributed by atoms with van der Waals surface area (Å²) in [7, 11) is 0. The van der Waals surface area contributed by atoms with Gasteiger partial charge in [0.2, 0.25) is 0 Å². The van der Waals surface area contributed by atoms with Gasteiger partial charge in [0.1, 0.15) is 18.1 Å². The van der Waals surface area contributed by atoms with Crippen LogP contribution in [0.2, 0.25) is 0 Å². The molecule has 0 bridgehead atoms. The smallest absolute Gasteiger partial charge is 0.356 e. The summed E-state index contributed by atoms with van der Waals surface area (Å²) in [6.45, 7) is 6.80. The van der Waals surface area contributed by atoms with Crippen LogP contribution in [0, 0.1) is 20.8 Å². The van der Waals surface area contributed by atoms with Crippen LogP contribution < -0.4 is 14.8 Å². The topological polar surface area (TPSA) is 131 Å². The lowest BCUT2D eigenvalue weighted by atomic mass is 9.94. The fourth-order valence-electron chi connectivity index (χ4n) is 3.01. The molecule has 0 fully saturated rings. The highest BCUT2D eigenvalue weighted by Gasteiger charge is 2.26. The predicted molar refractivity (Wildman–Crippen MR) is 99.6 cm³/mol. The molecule has 0 atom stereocenters. The first-order chi connectivity index (χ1) is 13.2. The van der Waals surface area contributed by atoms with Gasteiger partial charge in [-0.1, -0.05) is 0 Å². The molecule has 3 N–H and O–H groups in total. The molecule has 0 saturated carbocycles. The van der Waals surface area contributed by atoms with Gasteiger partial charge in [0.25, 0.3) is 5.91 Å². The van der Waals surface area contributed by atoms with E-state index in [2.05, 4.69) is 15.3 Å². The number of nitrogens with zero attached hydrogens (tertiary/aromatic N) is 1. The molecule has 1 aromatic heterocycles. The first kappa shape index (κ1) is 19.2. The van der Waals surface area contributed by atoms with E-state index >= 15 is 0 Å². The first-order valence-corrected chi connectivity index (χ1v) is 8.44. The number of aromatic amines is 1. The SMILES string of the molecule is CC(=O)Oc1c(C)c(C)c2c(c1C)C=C(C(=O)Nc1nc[nH]c1C(=O)O)CO2. The number of aromatic nitrogens is 2. The maximum Gasteiger partial charge on any atom is 0.356 e. The molecule has 2 heterocycles. The zero-order valence-corrected chi connectivity index (χ0v) is 15.8. The summed E-state index contributed by atoms with van der Waals surface area (Å²) in [4.78, 5) is 41.4. The Morgan fingerprint density at radius 2 is 1.93 bits per heavy atom. The number of carbonyl (C=O) groups is 3. The summed E-state index contributed by atoms with van der Waals surface area (Å²) >= 11 is 0. The third kappa shape index (κ3) is 3.34. The number of hydrogen-bond donors (Lipinski definition) is 3. The second kappa shape index (κ2) is 7.18. The minimum atomic E-state index is -1.24. The molecule has 0 saturated heterocycles. The lowest BCUT2D eigenvalue weighted by Gasteiger charge is -2.24. The molecule has 0 unspecified atom stereocenters. The Morgan fingerprint density at radius 1 is 1.21 bits per heavy atom. The summed E-state index contributed by atoms with van der Waals surface area (Å²) in [5, 5.41) is 11.6. The standard InChI is InChI=1S/C19H19N3O6/c1-8-9(2)16-13(10(3)15(8)28-11(4)23)5-12(6-27-16)18(24)22-17-14(19(25)26)20-7-21-17/h5,7H,6H2,1-4H3,(H,20,21)(H,22,24)(H,25,26). The average molecular weight is 385 g/mol. The van der Waals surface area contributed by atoms with E-state index in [0.29, 0.717) is 22.6 Å². The van der Waals surface area contributed by atoms with Crippen LogP contribution in [0.5, 0.6) is 11.5 Å². The van der Waals surface area contributed by atoms with Crippen LogP contribution in [-0.4, -0.2) is 39.5 Å². The van der Waals surface area contributed by atoms with Crippen molar-refractivity contribution >= 4 is 29.7 Å². The number of hydrogen-bond acceptors (Lipinski definition) is 6. The van der Waals surface area contributed by atoms with Crippen LogP contribution in [0.25, 0.3) is 6.08 Å². The molecule has 9 heteroatoms. The van der Waals surface area contributed by atoms with Gasteiger partial charge in [0, 0.05) is 18.1 Å². The normalized spacial score (nSPS) is 12.5. The van der Waals surface area contributed by atoms with Gasteiger partial charge in [-0.05, 0) is 38.0 Å². The zero-order valence-electron chi connectivity index (χ0n) is 15.8. The predicted octanol–water partition coefficient (Wildman–Crippen LogP) is 2.37. The number of amides is 1. The molecular formula is C19H19N3O6. The summed E-state index contributed by atoms with van der Waals surface area (Å²) in [5.74, 6) is -1.24. The number of fused-ring (bicyclic) bond motifs is 1. The Kier molecular flexibility index (Phi) is 4.91. The molecule has 0 aliphatic carbocycles. The van der Waals surface area contributed by atoms with Crippen LogP contribution in [0.1, 0.15) is 39.7 Å². The van der Waals surface area contributed by atoms with Gasteiger partial charge < -0.3 is 24.9 Å². The molecule has 146 valence electrons. The Labute approximate surface area is 160 Å². The molecule has 1 aliphatic heterocycles. The van der Waals surface area contributed by atoms with Gasteiger partial charge in [0.05, 0.1) is 11.9 Å². The number of ether oxygens (including phenoxy) is 2. The van der Waals surface area contributed by atoms with E-state index in [1.807, 2.05) is 13.8 Å². The number of carboxylic acid groups (broad SMARTS) is 1. The molecule has 1 amide bonds. The number of anilines is 1. The number of carbonyl (C=O) groups excluding carboxylic acids is 2. The van der Waals surface area contributed by atoms with Crippen LogP contribution >= 0.6 is 0 Å². The van der Waals surface area contributed by atoms with Crippen molar-refractivity contribution in [3.05, 3.63) is 39.8 Å². The minimum Gasteiger partial charge on any atom is -0.488 e. The Hall–Kier alpha value is -3.62. The molecule has 28 heavy (non-hydrogen) atoms. The zero-order chi connectivity index (χ0) is 20.6. The Balaban J connectivity index is 1.98. The minimum absolute atomic E-state index is 0.0122. The molecular weight excluding hydrogens is 366 g/mol. The maximum absolute atomic E-state index is 12.6. The summed E-state index contributed by atoms with van der Waals surface area (Å²) in [5.41, 5.74) is 2.97. The second-order valence-electron chi connectivity index (χ2n) is 6.38. The molecule has 2 aromatic rings. The Morgan fingerprint density at radius 3 is 2.57 bits per heavy atom. The fourth-order valence-corrected chi connectivity index (χ4v) is 3.01. The highest BCUT2D eigenvalue weighted by Crippen LogP contribution is 2.41. The van der Waals surface area contributed by atoms with Crippen LogP contribution in [0.3, 0.4) is 0 Å². The first-order valence-electron chi connectivity index (χ1n) is 8.44. The van der Waals surface area contributed by atoms with Crippen LogP contribution in [0.4, 0.5) is 5.82 Å². The van der Waals surface area contributed by atoms with E-state index in [4.69, 9.17) is 14.6 Å². The van der Waals surface area contributed by atoms with E-state index in [1.165, 1.54) is 13.3 Å². The lowest BCUT2D eigenvalue weighted by molar-refractivity contribution is -0.132. The third-order valence-electron chi connectivity index (χ3n) is 4.55. The van der Waals surface area contributed by atoms with Crippen molar-refractivity contribution in [1.82, 2.24) is 9.97 Å². The quantitative estimate of drug-likeness (QED) is 0.544. The Bertz CT molecular complexity index is 1030. The molecule has 9 nitrogen and oxygen atoms in total. The lowest BCUT2D eigenvalue weighted by Crippen LogP contribution is -2.23. The van der Waals surface area contributed by atoms with E-state index in [1.54, 1.807) is 13.0 Å². The molecule has 1 aliphatic rings. The maximum atomic E-state index is 12.6. The van der Waals surface area contributed by atoms with Gasteiger partial charge in [-0.2, -0.15) is 0 Å². The van der Waals surface area contributed by atoms with Crippen molar-refractivity contribution in [3.63, 3.8) is 0 Å². The van der Waals surface area contributed by atoms with Crippen LogP contribution in [0.15, 0.2) is 11.9 Å². The summed E-state index contributed by atoms with van der Waals surface area (Å²) in [6.07, 6.45) is 2.83. The van der Waals surface area contributed by atoms with Gasteiger partial charge >= 0.3 is 11.9 Å². The highest BCUT2D eigenvalue weighted by atomic mass is 16.5. The van der Waals surface area contributed by atoms with Crippen molar-refractivity contribution < 1.29 is 29.0 Å². The number of imidazole rings is 1. The number of H-pyrrole nitrogens is 1. The number of carboxylic acids is 1. The van der Waals surface area contributed by atoms with E-state index in [0.717, 1.165) is 11.1 Å². The van der Waals surface area contributed by atoms with Gasteiger partial charge in [0.15, 0.2) is 11.5 Å². The van der Waals surface area contributed by atoms with Crippen molar-refractivity contribution in [1.29, 1.82) is 0 Å². The van der Waals surface area contributed by atoms with Crippen molar-refractivity contribution in [2.24, 2.45) is 0 Å². The molecule has 0 radical (unpaired) electrons. The van der Waals surface area contributed by atoms with Gasteiger partial charge in [-0.15, -0.1) is 0 Å². The highest BCUT2D eigenvalue weighted by molar-refractivity contribution is 6.09. The second-order valence-corrected chi connectivity index (χ2v) is 6.38. The average Bonchev–Trinajstić information content (AvgIpc) is 3.11. The van der Waals surface area contributed by atoms with Gasteiger partial charge in [-0.3, -0.25) is 9.59 Å². The van der Waals surface area contributed by atoms with Crippen LogP contribution in [-0.2, 0) is 9.59 Å². The molecule has 3 rings (SSSR count). The fraction of sp³-hybridized carbons (Fsp3) is 0.263. The van der Waals surface area contributed by atoms with E-state index in [9.17, 15) is 14.4 Å². The molecule has 0 spiro atoms. The van der Waals surface area contributed by atoms with E-state index < -0.39 is 17.8 Å². The number of aromatic carboxylic acids is 1. The van der Waals surface area contributed by atoms with Crippen molar-refractivity contribution in [2.45, 2.75) is 27.7 Å². The monoisotopic (exact) mass is 385 g/mol. The third-order valence-corrected chi connectivity index (χ3v) is 4.55. The summed E-state index contributed by atoms with van der Waals surface area (Å²) < 4.78 is 11.1.